The number of carbonyl (C=O) groups is 2. The van der Waals surface area contributed by atoms with Gasteiger partial charge in [0, 0.05) is 37.1 Å². The third-order valence-corrected chi connectivity index (χ3v) is 9.68. The van der Waals surface area contributed by atoms with Crippen molar-refractivity contribution in [1.29, 1.82) is 0 Å². The molecule has 2 heterocycles. The summed E-state index contributed by atoms with van der Waals surface area (Å²) in [6, 6.07) is 33.6. The van der Waals surface area contributed by atoms with E-state index in [0.717, 1.165) is 39.1 Å². The van der Waals surface area contributed by atoms with Crippen LogP contribution < -0.4 is 10.8 Å². The second-order valence-corrected chi connectivity index (χ2v) is 13.2. The molecule has 12 nitrogen and oxygen atoms in total. The van der Waals surface area contributed by atoms with E-state index in [-0.39, 0.29) is 31.1 Å². The maximum Gasteiger partial charge on any atom is 0.243 e. The lowest BCUT2D eigenvalue weighted by Crippen LogP contribution is -2.31. The van der Waals surface area contributed by atoms with Gasteiger partial charge in [0.2, 0.25) is 17.0 Å². The number of aliphatic hydroxyl groups is 1. The molecule has 0 unspecified atom stereocenters. The Balaban J connectivity index is 1.14. The van der Waals surface area contributed by atoms with Crippen LogP contribution in [0.2, 0.25) is 0 Å². The highest BCUT2D eigenvalue weighted by atomic mass is 32.2. The van der Waals surface area contributed by atoms with Gasteiger partial charge >= 0.3 is 0 Å². The zero-order valence-corrected chi connectivity index (χ0v) is 28.7. The number of hydrogen-bond acceptors (Lipinski definition) is 10. The number of unbranched alkanes of at least 4 members (excludes halogenated alkanes) is 1. The molecule has 51 heavy (non-hydrogen) atoms. The van der Waals surface area contributed by atoms with E-state index >= 15 is 0 Å². The smallest absolute Gasteiger partial charge is 0.243 e. The van der Waals surface area contributed by atoms with Gasteiger partial charge in [0.25, 0.3) is 0 Å². The standard InChI is InChI=1S/C38H40N6O6S/c45-24-26-14-16-28(17-15-26)34-22-32(25-51-38-40-42-43-44(38)31-9-2-1-3-10-31)49-37(50-34)29-20-18-27(19-21-29)33-11-5-4-8-30(33)23-39-35(46)12-6-7-13-36(47)41-48/h1-5,8-11,14-21,32,34,37,45,48H,6-7,12-13,22-25H2,(H,39,46)(H,41,47)/t32-,34+,37+/m0/s1. The molecule has 4 aromatic carbocycles. The third-order valence-electron chi connectivity index (χ3n) is 8.62. The van der Waals surface area contributed by atoms with Crippen LogP contribution in [-0.2, 0) is 32.2 Å². The van der Waals surface area contributed by atoms with E-state index in [1.807, 2.05) is 103 Å². The molecule has 0 bridgehead atoms. The van der Waals surface area contributed by atoms with E-state index in [1.54, 1.807) is 10.2 Å². The van der Waals surface area contributed by atoms with E-state index < -0.39 is 12.2 Å². The molecular formula is C38H40N6O6S. The second kappa shape index (κ2) is 17.8. The molecule has 6 rings (SSSR count). The van der Waals surface area contributed by atoms with Crippen molar-refractivity contribution in [1.82, 2.24) is 31.0 Å². The molecule has 0 spiro atoms. The van der Waals surface area contributed by atoms with Gasteiger partial charge < -0.3 is 19.9 Å². The fourth-order valence-electron chi connectivity index (χ4n) is 5.88. The number of amides is 2. The van der Waals surface area contributed by atoms with Crippen LogP contribution in [-0.4, -0.2) is 54.2 Å². The van der Waals surface area contributed by atoms with Crippen LogP contribution in [0, 0.1) is 0 Å². The van der Waals surface area contributed by atoms with Crippen molar-refractivity contribution in [2.75, 3.05) is 5.75 Å². The van der Waals surface area contributed by atoms with Gasteiger partial charge in [-0.25, -0.2) is 5.48 Å². The van der Waals surface area contributed by atoms with E-state index in [9.17, 15) is 14.7 Å². The van der Waals surface area contributed by atoms with E-state index in [0.29, 0.717) is 43.1 Å². The number of nitrogens with zero attached hydrogens (tertiary/aromatic N) is 4. The minimum absolute atomic E-state index is 0.0256. The van der Waals surface area contributed by atoms with Crippen molar-refractivity contribution in [2.24, 2.45) is 0 Å². The molecule has 1 aromatic heterocycles. The summed E-state index contributed by atoms with van der Waals surface area (Å²) in [7, 11) is 0. The quantitative estimate of drug-likeness (QED) is 0.0450. The molecule has 1 fully saturated rings. The minimum atomic E-state index is -0.621. The van der Waals surface area contributed by atoms with Gasteiger partial charge in [0.1, 0.15) is 0 Å². The van der Waals surface area contributed by atoms with Crippen molar-refractivity contribution in [2.45, 2.75) is 68.9 Å². The molecule has 0 saturated carbocycles. The van der Waals surface area contributed by atoms with E-state index in [2.05, 4.69) is 20.8 Å². The van der Waals surface area contributed by atoms with Crippen LogP contribution >= 0.6 is 11.8 Å². The predicted octanol–water partition coefficient (Wildman–Crippen LogP) is 5.84. The molecule has 0 aliphatic carbocycles. The summed E-state index contributed by atoms with van der Waals surface area (Å²) in [6.45, 7) is 0.342. The average molecular weight is 709 g/mol. The predicted molar refractivity (Wildman–Crippen MR) is 190 cm³/mol. The number of hydrogen-bond donors (Lipinski definition) is 4. The molecule has 4 N–H and O–H groups in total. The number of aliphatic hydroxyl groups excluding tert-OH is 1. The topological polar surface area (TPSA) is 161 Å². The van der Waals surface area contributed by atoms with Crippen LogP contribution in [0.5, 0.6) is 0 Å². The Bertz CT molecular complexity index is 1870. The highest BCUT2D eigenvalue weighted by Gasteiger charge is 2.32. The highest BCUT2D eigenvalue weighted by molar-refractivity contribution is 7.99. The molecule has 5 aromatic rings. The second-order valence-electron chi connectivity index (χ2n) is 12.2. The van der Waals surface area contributed by atoms with Gasteiger partial charge in [-0.15, -0.1) is 5.10 Å². The molecular weight excluding hydrogens is 669 g/mol. The first-order chi connectivity index (χ1) is 25.0. The monoisotopic (exact) mass is 708 g/mol. The van der Waals surface area contributed by atoms with Gasteiger partial charge in [-0.3, -0.25) is 14.8 Å². The number of ether oxygens (including phenoxy) is 2. The van der Waals surface area contributed by atoms with Gasteiger partial charge in [0.05, 0.1) is 24.5 Å². The molecule has 264 valence electrons. The average Bonchev–Trinajstić information content (AvgIpc) is 3.67. The SMILES string of the molecule is O=C(CCCCC(=O)NCc1ccccc1-c1ccc([C@@H]2O[C@H](CSc3nnnn3-c3ccccc3)C[C@H](c3ccc(CO)cc3)O2)cc1)NO. The highest BCUT2D eigenvalue weighted by Crippen LogP contribution is 2.40. The summed E-state index contributed by atoms with van der Waals surface area (Å²) in [5.74, 6) is 0.0526. The summed E-state index contributed by atoms with van der Waals surface area (Å²) in [5, 5.41) is 34.2. The Kier molecular flexibility index (Phi) is 12.6. The Morgan fingerprint density at radius 2 is 1.55 bits per heavy atom. The van der Waals surface area contributed by atoms with Crippen LogP contribution in [0.3, 0.4) is 0 Å². The first-order valence-electron chi connectivity index (χ1n) is 16.9. The number of nitrogens with one attached hydrogen (secondary N) is 2. The van der Waals surface area contributed by atoms with Gasteiger partial charge in [-0.1, -0.05) is 103 Å². The number of hydroxylamine groups is 1. The van der Waals surface area contributed by atoms with Crippen LogP contribution in [0.1, 0.15) is 66.8 Å². The van der Waals surface area contributed by atoms with Crippen molar-refractivity contribution >= 4 is 23.6 Å². The molecule has 1 aliphatic heterocycles. The van der Waals surface area contributed by atoms with Crippen molar-refractivity contribution in [3.05, 3.63) is 125 Å². The van der Waals surface area contributed by atoms with Gasteiger partial charge in [-0.05, 0) is 63.2 Å². The number of para-hydroxylation sites is 1. The Hall–Kier alpha value is -4.92. The number of benzene rings is 4. The molecule has 0 radical (unpaired) electrons. The molecule has 13 heteroatoms. The molecule has 3 atom stereocenters. The molecule has 1 saturated heterocycles. The van der Waals surface area contributed by atoms with Crippen LogP contribution in [0.15, 0.2) is 108 Å². The van der Waals surface area contributed by atoms with Crippen molar-refractivity contribution < 1.29 is 29.4 Å². The number of tetrazole rings is 1. The van der Waals surface area contributed by atoms with E-state index in [4.69, 9.17) is 14.7 Å². The summed E-state index contributed by atoms with van der Waals surface area (Å²) in [6.07, 6.45) is 1.14. The van der Waals surface area contributed by atoms with Gasteiger partial charge in [0.15, 0.2) is 6.29 Å². The number of aromatic nitrogens is 4. The van der Waals surface area contributed by atoms with E-state index in [1.165, 1.54) is 11.8 Å². The summed E-state index contributed by atoms with van der Waals surface area (Å²) in [5.41, 5.74) is 8.17. The van der Waals surface area contributed by atoms with Gasteiger partial charge in [-0.2, -0.15) is 4.68 Å². The summed E-state index contributed by atoms with van der Waals surface area (Å²) in [4.78, 5) is 23.7. The van der Waals surface area contributed by atoms with Crippen LogP contribution in [0.25, 0.3) is 16.8 Å². The Morgan fingerprint density at radius 3 is 2.29 bits per heavy atom. The summed E-state index contributed by atoms with van der Waals surface area (Å²) < 4.78 is 14.8. The lowest BCUT2D eigenvalue weighted by Gasteiger charge is -2.36. The maximum absolute atomic E-state index is 12.5. The first-order valence-corrected chi connectivity index (χ1v) is 17.8. The largest absolute Gasteiger partial charge is 0.392 e. The lowest BCUT2D eigenvalue weighted by molar-refractivity contribution is -0.245. The van der Waals surface area contributed by atoms with Crippen molar-refractivity contribution in [3.8, 4) is 16.8 Å². The molecule has 1 aliphatic rings. The molecule has 2 amide bonds. The zero-order valence-electron chi connectivity index (χ0n) is 27.9. The third kappa shape index (κ3) is 9.66. The van der Waals surface area contributed by atoms with Crippen LogP contribution in [0.4, 0.5) is 0 Å². The fraction of sp³-hybridized carbons (Fsp3) is 0.289. The van der Waals surface area contributed by atoms with Crippen molar-refractivity contribution in [3.63, 3.8) is 0 Å². The number of thioether (sulfide) groups is 1. The normalized spacial score (nSPS) is 17.2. The zero-order chi connectivity index (χ0) is 35.4. The first kappa shape index (κ1) is 35.9. The minimum Gasteiger partial charge on any atom is -0.392 e. The Morgan fingerprint density at radius 1 is 0.843 bits per heavy atom. The Labute approximate surface area is 300 Å². The number of rotatable bonds is 15. The summed E-state index contributed by atoms with van der Waals surface area (Å²) >= 11 is 1.53. The maximum atomic E-state index is 12.5. The lowest BCUT2D eigenvalue weighted by atomic mass is 9.97. The fourth-order valence-corrected chi connectivity index (χ4v) is 6.78. The number of carbonyl (C=O) groups excluding carboxylic acids is 2.